The number of hydrogen-bond acceptors (Lipinski definition) is 5. The average Bonchev–Trinajstić information content (AvgIpc) is 2.64. The van der Waals surface area contributed by atoms with E-state index in [0.717, 1.165) is 37.3 Å². The molecular formula is C24H34N2O3. The average molecular weight is 399 g/mol. The Morgan fingerprint density at radius 1 is 1.17 bits per heavy atom. The van der Waals surface area contributed by atoms with Crippen molar-refractivity contribution in [1.29, 1.82) is 0 Å². The molecule has 1 aromatic heterocycles. The molecule has 0 fully saturated rings. The maximum absolute atomic E-state index is 12.2. The number of carbonyl (C=O) groups is 1. The van der Waals surface area contributed by atoms with Crippen LogP contribution in [0.15, 0.2) is 30.3 Å². The van der Waals surface area contributed by atoms with Crippen molar-refractivity contribution in [1.82, 2.24) is 9.88 Å². The highest BCUT2D eigenvalue weighted by atomic mass is 16.5. The van der Waals surface area contributed by atoms with Crippen LogP contribution in [-0.2, 0) is 6.54 Å². The lowest BCUT2D eigenvalue weighted by Gasteiger charge is -2.17. The number of aromatic nitrogens is 1. The zero-order valence-corrected chi connectivity index (χ0v) is 18.4. The second-order valence-electron chi connectivity index (χ2n) is 8.17. The Morgan fingerprint density at radius 3 is 2.62 bits per heavy atom. The number of ether oxygens (including phenoxy) is 1. The van der Waals surface area contributed by atoms with Crippen LogP contribution in [0.1, 0.15) is 60.4 Å². The van der Waals surface area contributed by atoms with Crippen LogP contribution in [-0.4, -0.2) is 41.0 Å². The fourth-order valence-electron chi connectivity index (χ4n) is 3.25. The third-order valence-corrected chi connectivity index (χ3v) is 4.85. The van der Waals surface area contributed by atoms with Gasteiger partial charge in [-0.1, -0.05) is 19.9 Å². The molecule has 5 heteroatoms. The Balaban J connectivity index is 1.77. The van der Waals surface area contributed by atoms with Crippen LogP contribution in [0.2, 0.25) is 0 Å². The first-order valence-corrected chi connectivity index (χ1v) is 10.4. The van der Waals surface area contributed by atoms with Gasteiger partial charge in [-0.25, -0.2) is 0 Å². The molecule has 1 aromatic carbocycles. The van der Waals surface area contributed by atoms with Gasteiger partial charge in [0.05, 0.1) is 17.9 Å². The molecule has 0 aliphatic heterocycles. The molecule has 0 atom stereocenters. The predicted octanol–water partition coefficient (Wildman–Crippen LogP) is 4.92. The van der Waals surface area contributed by atoms with Gasteiger partial charge in [-0.05, 0) is 70.5 Å². The summed E-state index contributed by atoms with van der Waals surface area (Å²) in [5.41, 5.74) is 3.14. The number of aromatic hydroxyl groups is 1. The zero-order chi connectivity index (χ0) is 21.4. The molecule has 29 heavy (non-hydrogen) atoms. The maximum atomic E-state index is 12.2. The largest absolute Gasteiger partial charge is 0.507 e. The summed E-state index contributed by atoms with van der Waals surface area (Å²) in [4.78, 5) is 19.0. The third kappa shape index (κ3) is 7.17. The first-order valence-electron chi connectivity index (χ1n) is 10.4. The number of phenols is 1. The van der Waals surface area contributed by atoms with Gasteiger partial charge in [-0.3, -0.25) is 9.78 Å². The van der Waals surface area contributed by atoms with Crippen molar-refractivity contribution in [3.63, 3.8) is 0 Å². The molecule has 2 rings (SSSR count). The predicted molar refractivity (Wildman–Crippen MR) is 117 cm³/mol. The van der Waals surface area contributed by atoms with Crippen molar-refractivity contribution < 1.29 is 14.6 Å². The highest BCUT2D eigenvalue weighted by Gasteiger charge is 2.17. The number of carbonyl (C=O) groups excluding carboxylic acids is 1. The lowest BCUT2D eigenvalue weighted by atomic mass is 9.98. The number of unbranched alkanes of at least 4 members (excludes halogenated alkanes) is 1. The second-order valence-corrected chi connectivity index (χ2v) is 8.17. The first-order chi connectivity index (χ1) is 13.8. The summed E-state index contributed by atoms with van der Waals surface area (Å²) in [6.07, 6.45) is 2.36. The van der Waals surface area contributed by atoms with Crippen LogP contribution in [0.25, 0.3) is 0 Å². The Labute approximate surface area is 174 Å². The normalized spacial score (nSPS) is 11.3. The standard InChI is InChI=1S/C24H34N2O3/c1-17(2)15-22(27)21-11-12-23(19(4)24(21)28)29-14-7-6-13-26(5)16-20-10-8-9-18(3)25-20/h8-12,17,28H,6-7,13-16H2,1-5H3. The molecule has 0 radical (unpaired) electrons. The van der Waals surface area contributed by atoms with Crippen molar-refractivity contribution in [3.05, 3.63) is 52.8 Å². The number of rotatable bonds is 11. The van der Waals surface area contributed by atoms with Crippen LogP contribution in [0.4, 0.5) is 0 Å². The van der Waals surface area contributed by atoms with Crippen molar-refractivity contribution in [3.8, 4) is 11.5 Å². The molecule has 0 aliphatic carbocycles. The molecule has 0 saturated carbocycles. The minimum absolute atomic E-state index is 0.0294. The molecule has 0 unspecified atom stereocenters. The Bertz CT molecular complexity index is 818. The van der Waals surface area contributed by atoms with Crippen LogP contribution >= 0.6 is 0 Å². The van der Waals surface area contributed by atoms with E-state index < -0.39 is 0 Å². The number of pyridine rings is 1. The molecule has 2 aromatic rings. The van der Waals surface area contributed by atoms with E-state index >= 15 is 0 Å². The third-order valence-electron chi connectivity index (χ3n) is 4.85. The summed E-state index contributed by atoms with van der Waals surface area (Å²) in [7, 11) is 2.10. The first kappa shape index (κ1) is 22.9. The summed E-state index contributed by atoms with van der Waals surface area (Å²) in [5.74, 6) is 0.913. The van der Waals surface area contributed by atoms with Gasteiger partial charge in [0, 0.05) is 24.2 Å². The van der Waals surface area contributed by atoms with Gasteiger partial charge in [0.2, 0.25) is 0 Å². The quantitative estimate of drug-likeness (QED) is 0.430. The van der Waals surface area contributed by atoms with Gasteiger partial charge in [0.15, 0.2) is 5.78 Å². The number of Topliss-reactive ketones (excluding diaryl/α,β-unsaturated/α-hetero) is 1. The fraction of sp³-hybridized carbons (Fsp3) is 0.500. The van der Waals surface area contributed by atoms with E-state index in [0.29, 0.717) is 29.9 Å². The minimum Gasteiger partial charge on any atom is -0.507 e. The van der Waals surface area contributed by atoms with E-state index in [1.54, 1.807) is 19.1 Å². The number of ketones is 1. The minimum atomic E-state index is -0.0294. The molecule has 0 spiro atoms. The van der Waals surface area contributed by atoms with E-state index in [-0.39, 0.29) is 17.5 Å². The van der Waals surface area contributed by atoms with Crippen LogP contribution in [0.5, 0.6) is 11.5 Å². The van der Waals surface area contributed by atoms with Crippen molar-refractivity contribution >= 4 is 5.78 Å². The Hall–Kier alpha value is -2.40. The summed E-state index contributed by atoms with van der Waals surface area (Å²) in [6, 6.07) is 9.56. The summed E-state index contributed by atoms with van der Waals surface area (Å²) in [6.45, 7) is 10.2. The van der Waals surface area contributed by atoms with Gasteiger partial charge in [0.25, 0.3) is 0 Å². The Morgan fingerprint density at radius 2 is 1.93 bits per heavy atom. The Kier molecular flexibility index (Phi) is 8.65. The maximum Gasteiger partial charge on any atom is 0.166 e. The fourth-order valence-corrected chi connectivity index (χ4v) is 3.25. The molecule has 1 N–H and O–H groups in total. The topological polar surface area (TPSA) is 62.7 Å². The van der Waals surface area contributed by atoms with E-state index in [9.17, 15) is 9.90 Å². The zero-order valence-electron chi connectivity index (χ0n) is 18.4. The summed E-state index contributed by atoms with van der Waals surface area (Å²) in [5, 5.41) is 10.4. The smallest absolute Gasteiger partial charge is 0.166 e. The molecule has 1 heterocycles. The number of phenolic OH excluding ortho intramolecular Hbond substituents is 1. The van der Waals surface area contributed by atoms with Crippen molar-refractivity contribution in [2.24, 2.45) is 5.92 Å². The van der Waals surface area contributed by atoms with Gasteiger partial charge < -0.3 is 14.7 Å². The van der Waals surface area contributed by atoms with Crippen molar-refractivity contribution in [2.75, 3.05) is 20.2 Å². The van der Waals surface area contributed by atoms with E-state index in [1.807, 2.05) is 32.9 Å². The second kappa shape index (κ2) is 11.0. The van der Waals surface area contributed by atoms with E-state index in [4.69, 9.17) is 4.74 Å². The number of nitrogens with zero attached hydrogens (tertiary/aromatic N) is 2. The van der Waals surface area contributed by atoms with E-state index in [1.165, 1.54) is 0 Å². The molecule has 0 amide bonds. The molecule has 0 bridgehead atoms. The summed E-state index contributed by atoms with van der Waals surface area (Å²) >= 11 is 0. The van der Waals surface area contributed by atoms with Crippen LogP contribution < -0.4 is 4.74 Å². The highest BCUT2D eigenvalue weighted by molar-refractivity contribution is 5.99. The lowest BCUT2D eigenvalue weighted by molar-refractivity contribution is 0.0965. The molecular weight excluding hydrogens is 364 g/mol. The summed E-state index contributed by atoms with van der Waals surface area (Å²) < 4.78 is 5.85. The van der Waals surface area contributed by atoms with Gasteiger partial charge >= 0.3 is 0 Å². The molecule has 5 nitrogen and oxygen atoms in total. The number of aryl methyl sites for hydroxylation is 1. The number of benzene rings is 1. The number of hydrogen-bond donors (Lipinski definition) is 1. The molecule has 0 aliphatic rings. The van der Waals surface area contributed by atoms with Crippen molar-refractivity contribution in [2.45, 2.75) is 53.5 Å². The monoisotopic (exact) mass is 398 g/mol. The van der Waals surface area contributed by atoms with Gasteiger partial charge in [-0.15, -0.1) is 0 Å². The van der Waals surface area contributed by atoms with Crippen LogP contribution in [0.3, 0.4) is 0 Å². The van der Waals surface area contributed by atoms with Crippen LogP contribution in [0, 0.1) is 19.8 Å². The van der Waals surface area contributed by atoms with E-state index in [2.05, 4.69) is 23.0 Å². The lowest BCUT2D eigenvalue weighted by Crippen LogP contribution is -2.20. The molecule has 158 valence electrons. The van der Waals surface area contributed by atoms with Gasteiger partial charge in [-0.2, -0.15) is 0 Å². The highest BCUT2D eigenvalue weighted by Crippen LogP contribution is 2.31. The molecule has 0 saturated heterocycles. The van der Waals surface area contributed by atoms with Gasteiger partial charge in [0.1, 0.15) is 11.5 Å². The SMILES string of the molecule is Cc1cccc(CN(C)CCCCOc2ccc(C(=O)CC(C)C)c(O)c2C)n1.